The SMILES string of the molecule is CCCC(=O)Nc1nc(CN2CCc3cc(OC)c(OC)cc3C2)cs1. The van der Waals surface area contributed by atoms with E-state index in [0.717, 1.165) is 49.7 Å². The molecule has 3 rings (SSSR count). The lowest BCUT2D eigenvalue weighted by Gasteiger charge is -2.29. The molecule has 1 aliphatic heterocycles. The predicted octanol–water partition coefficient (Wildman–Crippen LogP) is 3.46. The second kappa shape index (κ2) is 8.51. The van der Waals surface area contributed by atoms with Gasteiger partial charge in [-0.2, -0.15) is 0 Å². The Morgan fingerprint density at radius 3 is 2.69 bits per heavy atom. The number of fused-ring (bicyclic) bond motifs is 1. The summed E-state index contributed by atoms with van der Waals surface area (Å²) in [6.45, 7) is 4.59. The third-order valence-corrected chi connectivity index (χ3v) is 5.26. The topological polar surface area (TPSA) is 63.7 Å². The molecule has 0 saturated heterocycles. The number of anilines is 1. The monoisotopic (exact) mass is 375 g/mol. The Morgan fingerprint density at radius 1 is 1.27 bits per heavy atom. The van der Waals surface area contributed by atoms with Crippen LogP contribution < -0.4 is 14.8 Å². The first-order valence-corrected chi connectivity index (χ1v) is 9.71. The summed E-state index contributed by atoms with van der Waals surface area (Å²) >= 11 is 1.48. The molecule has 0 bridgehead atoms. The van der Waals surface area contributed by atoms with Gasteiger partial charge in [-0.1, -0.05) is 6.92 Å². The zero-order valence-electron chi connectivity index (χ0n) is 15.5. The number of hydrogen-bond acceptors (Lipinski definition) is 6. The Balaban J connectivity index is 1.64. The van der Waals surface area contributed by atoms with Gasteiger partial charge in [-0.05, 0) is 36.1 Å². The van der Waals surface area contributed by atoms with Crippen molar-refractivity contribution in [1.82, 2.24) is 9.88 Å². The van der Waals surface area contributed by atoms with E-state index in [1.807, 2.05) is 12.3 Å². The van der Waals surface area contributed by atoms with E-state index in [1.54, 1.807) is 14.2 Å². The van der Waals surface area contributed by atoms with Crippen molar-refractivity contribution in [2.75, 3.05) is 26.1 Å². The van der Waals surface area contributed by atoms with Crippen LogP contribution in [0.25, 0.3) is 0 Å². The predicted molar refractivity (Wildman–Crippen MR) is 103 cm³/mol. The Bertz CT molecular complexity index is 775. The number of ether oxygens (including phenoxy) is 2. The molecule has 7 heteroatoms. The van der Waals surface area contributed by atoms with Crippen molar-refractivity contribution in [3.8, 4) is 11.5 Å². The number of nitrogens with one attached hydrogen (secondary N) is 1. The van der Waals surface area contributed by atoms with E-state index >= 15 is 0 Å². The zero-order valence-corrected chi connectivity index (χ0v) is 16.3. The number of nitrogens with zero attached hydrogens (tertiary/aromatic N) is 2. The molecule has 0 spiro atoms. The van der Waals surface area contributed by atoms with Crippen LogP contribution in [0.1, 0.15) is 36.6 Å². The van der Waals surface area contributed by atoms with Crippen LogP contribution in [0.15, 0.2) is 17.5 Å². The van der Waals surface area contributed by atoms with Gasteiger partial charge in [0.05, 0.1) is 19.9 Å². The number of carbonyl (C=O) groups is 1. The molecule has 140 valence electrons. The number of rotatable bonds is 7. The fourth-order valence-corrected chi connectivity index (χ4v) is 3.87. The van der Waals surface area contributed by atoms with Gasteiger partial charge in [0.2, 0.25) is 5.91 Å². The molecule has 1 N–H and O–H groups in total. The molecule has 1 aromatic carbocycles. The van der Waals surface area contributed by atoms with Gasteiger partial charge in [-0.15, -0.1) is 11.3 Å². The van der Waals surface area contributed by atoms with Gasteiger partial charge in [0, 0.05) is 31.4 Å². The Labute approximate surface area is 158 Å². The standard InChI is InChI=1S/C19H25N3O3S/c1-4-5-18(23)21-19-20-15(12-26-19)11-22-7-6-13-8-16(24-2)17(25-3)9-14(13)10-22/h8-9,12H,4-7,10-11H2,1-3H3,(H,20,21,23). The lowest BCUT2D eigenvalue weighted by Crippen LogP contribution is -2.30. The van der Waals surface area contributed by atoms with E-state index in [0.29, 0.717) is 11.6 Å². The first-order valence-electron chi connectivity index (χ1n) is 8.83. The molecule has 2 heterocycles. The zero-order chi connectivity index (χ0) is 18.5. The van der Waals surface area contributed by atoms with Crippen molar-refractivity contribution in [2.45, 2.75) is 39.3 Å². The molecule has 1 aliphatic rings. The Hall–Kier alpha value is -2.12. The fraction of sp³-hybridized carbons (Fsp3) is 0.474. The van der Waals surface area contributed by atoms with Gasteiger partial charge < -0.3 is 14.8 Å². The summed E-state index contributed by atoms with van der Waals surface area (Å²) in [7, 11) is 3.33. The van der Waals surface area contributed by atoms with Crippen LogP contribution in [-0.4, -0.2) is 36.6 Å². The average Bonchev–Trinajstić information content (AvgIpc) is 3.07. The quantitative estimate of drug-likeness (QED) is 0.803. The van der Waals surface area contributed by atoms with Crippen molar-refractivity contribution >= 4 is 22.4 Å². The number of aromatic nitrogens is 1. The van der Waals surface area contributed by atoms with Crippen LogP contribution in [0.2, 0.25) is 0 Å². The van der Waals surface area contributed by atoms with Crippen molar-refractivity contribution in [3.63, 3.8) is 0 Å². The number of methoxy groups -OCH3 is 2. The van der Waals surface area contributed by atoms with Crippen LogP contribution in [0.3, 0.4) is 0 Å². The molecule has 2 aromatic rings. The van der Waals surface area contributed by atoms with E-state index in [1.165, 1.54) is 22.5 Å². The summed E-state index contributed by atoms with van der Waals surface area (Å²) < 4.78 is 10.8. The summed E-state index contributed by atoms with van der Waals surface area (Å²) in [5.41, 5.74) is 3.57. The maximum atomic E-state index is 11.7. The first-order chi connectivity index (χ1) is 12.6. The van der Waals surface area contributed by atoms with Crippen LogP contribution in [-0.2, 0) is 24.3 Å². The Morgan fingerprint density at radius 2 is 2.00 bits per heavy atom. The second-order valence-electron chi connectivity index (χ2n) is 6.38. The van der Waals surface area contributed by atoms with Crippen LogP contribution >= 0.6 is 11.3 Å². The van der Waals surface area contributed by atoms with Crippen molar-refractivity contribution in [3.05, 3.63) is 34.3 Å². The third kappa shape index (κ3) is 4.34. The molecule has 0 saturated carbocycles. The van der Waals surface area contributed by atoms with Crippen molar-refractivity contribution in [1.29, 1.82) is 0 Å². The van der Waals surface area contributed by atoms with E-state index < -0.39 is 0 Å². The lowest BCUT2D eigenvalue weighted by molar-refractivity contribution is -0.116. The van der Waals surface area contributed by atoms with Gasteiger partial charge in [-0.3, -0.25) is 9.69 Å². The van der Waals surface area contributed by atoms with Crippen LogP contribution in [0.5, 0.6) is 11.5 Å². The van der Waals surface area contributed by atoms with E-state index in [9.17, 15) is 4.79 Å². The largest absolute Gasteiger partial charge is 0.493 e. The van der Waals surface area contributed by atoms with Crippen LogP contribution in [0, 0.1) is 0 Å². The van der Waals surface area contributed by atoms with E-state index in [-0.39, 0.29) is 5.91 Å². The highest BCUT2D eigenvalue weighted by Gasteiger charge is 2.20. The lowest BCUT2D eigenvalue weighted by atomic mass is 9.98. The highest BCUT2D eigenvalue weighted by molar-refractivity contribution is 7.13. The smallest absolute Gasteiger partial charge is 0.226 e. The molecular formula is C19H25N3O3S. The minimum atomic E-state index is 0.0290. The van der Waals surface area contributed by atoms with Crippen molar-refractivity contribution in [2.24, 2.45) is 0 Å². The summed E-state index contributed by atoms with van der Waals surface area (Å²) in [4.78, 5) is 18.6. The van der Waals surface area contributed by atoms with Gasteiger partial charge in [0.25, 0.3) is 0 Å². The number of carbonyl (C=O) groups excluding carboxylic acids is 1. The van der Waals surface area contributed by atoms with Gasteiger partial charge in [0.1, 0.15) is 0 Å². The van der Waals surface area contributed by atoms with Gasteiger partial charge in [-0.25, -0.2) is 4.98 Å². The Kier molecular flexibility index (Phi) is 6.11. The molecule has 0 radical (unpaired) electrons. The molecule has 6 nitrogen and oxygen atoms in total. The number of benzene rings is 1. The normalized spacial score (nSPS) is 14.0. The fourth-order valence-electron chi connectivity index (χ4n) is 3.15. The molecule has 1 amide bonds. The van der Waals surface area contributed by atoms with Gasteiger partial charge in [0.15, 0.2) is 16.6 Å². The number of hydrogen-bond donors (Lipinski definition) is 1. The molecule has 0 atom stereocenters. The molecule has 1 aromatic heterocycles. The highest BCUT2D eigenvalue weighted by atomic mass is 32.1. The summed E-state index contributed by atoms with van der Waals surface area (Å²) in [6.07, 6.45) is 2.34. The molecule has 0 unspecified atom stereocenters. The maximum Gasteiger partial charge on any atom is 0.226 e. The highest BCUT2D eigenvalue weighted by Crippen LogP contribution is 2.33. The van der Waals surface area contributed by atoms with Gasteiger partial charge >= 0.3 is 0 Å². The van der Waals surface area contributed by atoms with E-state index in [2.05, 4.69) is 27.3 Å². The van der Waals surface area contributed by atoms with Crippen LogP contribution in [0.4, 0.5) is 5.13 Å². The summed E-state index contributed by atoms with van der Waals surface area (Å²) in [5, 5.41) is 5.57. The summed E-state index contributed by atoms with van der Waals surface area (Å²) in [5.74, 6) is 1.58. The maximum absolute atomic E-state index is 11.7. The summed E-state index contributed by atoms with van der Waals surface area (Å²) in [6, 6.07) is 4.15. The first kappa shape index (κ1) is 18.7. The molecule has 0 aliphatic carbocycles. The molecule has 26 heavy (non-hydrogen) atoms. The number of thiazole rings is 1. The third-order valence-electron chi connectivity index (χ3n) is 4.46. The minimum absolute atomic E-state index is 0.0290. The molecule has 0 fully saturated rings. The molecular weight excluding hydrogens is 350 g/mol. The van der Waals surface area contributed by atoms with Crippen molar-refractivity contribution < 1.29 is 14.3 Å². The second-order valence-corrected chi connectivity index (χ2v) is 7.24. The number of amides is 1. The van der Waals surface area contributed by atoms with E-state index in [4.69, 9.17) is 9.47 Å². The average molecular weight is 375 g/mol. The minimum Gasteiger partial charge on any atom is -0.493 e.